The first-order chi connectivity index (χ1) is 21.2. The summed E-state index contributed by atoms with van der Waals surface area (Å²) in [5.74, 6) is -0.705. The number of nitrogens with zero attached hydrogens (tertiary/aromatic N) is 3. The van der Waals surface area contributed by atoms with E-state index in [-0.39, 0.29) is 41.9 Å². The highest BCUT2D eigenvalue weighted by Gasteiger charge is 2.28. The van der Waals surface area contributed by atoms with Gasteiger partial charge >= 0.3 is 5.97 Å². The second kappa shape index (κ2) is 13.9. The number of anilines is 1. The molecule has 44 heavy (non-hydrogen) atoms. The summed E-state index contributed by atoms with van der Waals surface area (Å²) in [6.07, 6.45) is 4.56. The predicted octanol–water partition coefficient (Wildman–Crippen LogP) is 4.42. The molecule has 0 bridgehead atoms. The number of hydrogen-bond donors (Lipinski definition) is 1. The molecule has 1 fully saturated rings. The van der Waals surface area contributed by atoms with Crippen LogP contribution in [0.3, 0.4) is 0 Å². The average Bonchev–Trinajstić information content (AvgIpc) is 3.49. The van der Waals surface area contributed by atoms with E-state index in [0.29, 0.717) is 17.0 Å². The van der Waals surface area contributed by atoms with Crippen LogP contribution >= 0.6 is 11.6 Å². The van der Waals surface area contributed by atoms with Crippen LogP contribution in [0.2, 0.25) is 5.02 Å². The average molecular weight is 637 g/mol. The zero-order valence-electron chi connectivity index (χ0n) is 23.7. The lowest BCUT2D eigenvalue weighted by Crippen LogP contribution is -2.40. The van der Waals surface area contributed by atoms with E-state index in [0.717, 1.165) is 11.3 Å². The number of amides is 1. The van der Waals surface area contributed by atoms with Gasteiger partial charge in [0, 0.05) is 42.2 Å². The first kappa shape index (κ1) is 31.0. The molecule has 0 saturated carbocycles. The Morgan fingerprint density at radius 1 is 1.05 bits per heavy atom. The summed E-state index contributed by atoms with van der Waals surface area (Å²) in [7, 11) is -2.30. The van der Waals surface area contributed by atoms with Crippen LogP contribution in [0.4, 0.5) is 5.69 Å². The molecule has 4 aromatic rings. The van der Waals surface area contributed by atoms with Crippen molar-refractivity contribution in [2.45, 2.75) is 4.90 Å². The van der Waals surface area contributed by atoms with Crippen LogP contribution in [-0.4, -0.2) is 74.4 Å². The van der Waals surface area contributed by atoms with Gasteiger partial charge in [-0.1, -0.05) is 29.8 Å². The number of aromatic nitrogens is 2. The highest BCUT2D eigenvalue weighted by atomic mass is 35.5. The van der Waals surface area contributed by atoms with Crippen LogP contribution < -0.4 is 10.1 Å². The minimum Gasteiger partial charge on any atom is -0.497 e. The lowest BCUT2D eigenvalue weighted by atomic mass is 10.1. The number of ether oxygens (including phenoxy) is 3. The largest absolute Gasteiger partial charge is 0.497 e. The third kappa shape index (κ3) is 7.34. The predicted molar refractivity (Wildman–Crippen MR) is 165 cm³/mol. The summed E-state index contributed by atoms with van der Waals surface area (Å²) < 4.78 is 44.7. The van der Waals surface area contributed by atoms with Gasteiger partial charge in [-0.2, -0.15) is 9.40 Å². The number of nitrogens with one attached hydrogen (secondary N) is 1. The molecule has 1 aliphatic heterocycles. The Hall–Kier alpha value is -4.49. The Kier molecular flexibility index (Phi) is 9.75. The van der Waals surface area contributed by atoms with Crippen LogP contribution in [0, 0.1) is 0 Å². The zero-order valence-corrected chi connectivity index (χ0v) is 25.3. The molecule has 13 heteroatoms. The first-order valence-corrected chi connectivity index (χ1v) is 15.4. The number of esters is 1. The van der Waals surface area contributed by atoms with Crippen LogP contribution in [0.5, 0.6) is 5.75 Å². The lowest BCUT2D eigenvalue weighted by Gasteiger charge is -2.26. The molecule has 11 nitrogen and oxygen atoms in total. The molecule has 1 aromatic heterocycles. The van der Waals surface area contributed by atoms with E-state index < -0.39 is 28.5 Å². The molecule has 1 amide bonds. The van der Waals surface area contributed by atoms with Gasteiger partial charge in [-0.25, -0.2) is 17.9 Å². The van der Waals surface area contributed by atoms with Crippen molar-refractivity contribution in [1.29, 1.82) is 0 Å². The number of carbonyl (C=O) groups is 2. The normalized spacial score (nSPS) is 14.0. The van der Waals surface area contributed by atoms with Crippen molar-refractivity contribution in [3.63, 3.8) is 0 Å². The van der Waals surface area contributed by atoms with E-state index in [1.54, 1.807) is 24.1 Å². The molecule has 1 N–H and O–H groups in total. The summed E-state index contributed by atoms with van der Waals surface area (Å²) in [4.78, 5) is 24.9. The maximum absolute atomic E-state index is 13.1. The smallest absolute Gasteiger partial charge is 0.331 e. The SMILES string of the molecule is COc1ccc(-c2nn(-c3ccccc3)cc2C=CC(=O)OCC(=O)Nc2ccc(Cl)c(S(=O)(=O)N3CCOCC3)c2)cc1. The second-order valence-electron chi connectivity index (χ2n) is 9.59. The maximum atomic E-state index is 13.1. The third-order valence-corrected chi connectivity index (χ3v) is 9.05. The van der Waals surface area contributed by atoms with E-state index in [1.165, 1.54) is 28.6 Å². The molecule has 0 atom stereocenters. The molecule has 0 aliphatic carbocycles. The highest BCUT2D eigenvalue weighted by molar-refractivity contribution is 7.89. The number of hydrogen-bond acceptors (Lipinski definition) is 8. The summed E-state index contributed by atoms with van der Waals surface area (Å²) in [6, 6.07) is 21.0. The zero-order chi connectivity index (χ0) is 31.1. The van der Waals surface area contributed by atoms with E-state index >= 15 is 0 Å². The fourth-order valence-corrected chi connectivity index (χ4v) is 6.35. The number of methoxy groups -OCH3 is 1. The molecular formula is C31H29ClN4O7S. The van der Waals surface area contributed by atoms with E-state index in [4.69, 9.17) is 30.9 Å². The van der Waals surface area contributed by atoms with Gasteiger partial charge in [-0.3, -0.25) is 4.79 Å². The number of sulfonamides is 1. The number of benzene rings is 3. The first-order valence-electron chi connectivity index (χ1n) is 13.6. The second-order valence-corrected chi connectivity index (χ2v) is 11.9. The van der Waals surface area contributed by atoms with Crippen molar-refractivity contribution < 1.29 is 32.2 Å². The van der Waals surface area contributed by atoms with Crippen molar-refractivity contribution in [2.75, 3.05) is 45.3 Å². The van der Waals surface area contributed by atoms with Crippen LogP contribution in [-0.2, 0) is 29.1 Å². The van der Waals surface area contributed by atoms with Crippen molar-refractivity contribution >= 4 is 45.3 Å². The lowest BCUT2D eigenvalue weighted by molar-refractivity contribution is -0.142. The minimum absolute atomic E-state index is 0.0238. The fourth-order valence-electron chi connectivity index (χ4n) is 4.44. The molecule has 0 unspecified atom stereocenters. The number of para-hydroxylation sites is 1. The summed E-state index contributed by atoms with van der Waals surface area (Å²) in [5, 5.41) is 7.28. The number of rotatable bonds is 10. The molecular weight excluding hydrogens is 608 g/mol. The standard InChI is InChI=1S/C31H29ClN4O7S/c1-41-26-11-7-22(8-12-26)31-23(20-36(34-31)25-5-3-2-4-6-25)9-14-30(38)43-21-29(37)33-24-10-13-27(32)28(19-24)44(39,40)35-15-17-42-18-16-35/h2-14,19-20H,15-18,21H2,1H3,(H,33,37). The van der Waals surface area contributed by atoms with Crippen LogP contribution in [0.1, 0.15) is 5.56 Å². The Bertz CT molecular complexity index is 1770. The van der Waals surface area contributed by atoms with Crippen molar-refractivity contribution in [2.24, 2.45) is 0 Å². The molecule has 0 spiro atoms. The van der Waals surface area contributed by atoms with Crippen molar-refractivity contribution in [3.05, 3.63) is 95.7 Å². The van der Waals surface area contributed by atoms with Crippen LogP contribution in [0.25, 0.3) is 23.0 Å². The third-order valence-electron chi connectivity index (χ3n) is 6.67. The van der Waals surface area contributed by atoms with Gasteiger partial charge in [0.15, 0.2) is 6.61 Å². The minimum atomic E-state index is -3.89. The Morgan fingerprint density at radius 3 is 2.48 bits per heavy atom. The molecule has 3 aromatic carbocycles. The fraction of sp³-hybridized carbons (Fsp3) is 0.194. The number of morpholine rings is 1. The highest BCUT2D eigenvalue weighted by Crippen LogP contribution is 2.29. The topological polar surface area (TPSA) is 129 Å². The molecule has 1 aliphatic rings. The Morgan fingerprint density at radius 2 is 1.77 bits per heavy atom. The van der Waals surface area contributed by atoms with Gasteiger partial charge < -0.3 is 19.5 Å². The van der Waals surface area contributed by atoms with Crippen molar-refractivity contribution in [1.82, 2.24) is 14.1 Å². The van der Waals surface area contributed by atoms with E-state index in [9.17, 15) is 18.0 Å². The molecule has 0 radical (unpaired) electrons. The molecule has 2 heterocycles. The number of halogens is 1. The van der Waals surface area contributed by atoms with Gasteiger partial charge in [0.05, 0.1) is 36.7 Å². The van der Waals surface area contributed by atoms with Gasteiger partial charge in [0.2, 0.25) is 10.0 Å². The Labute approximate surface area is 259 Å². The van der Waals surface area contributed by atoms with Crippen LogP contribution in [0.15, 0.2) is 90.0 Å². The summed E-state index contributed by atoms with van der Waals surface area (Å²) in [6.45, 7) is 0.378. The van der Waals surface area contributed by atoms with Gasteiger partial charge in [0.25, 0.3) is 5.91 Å². The molecule has 228 valence electrons. The van der Waals surface area contributed by atoms with Crippen molar-refractivity contribution in [3.8, 4) is 22.7 Å². The van der Waals surface area contributed by atoms with Gasteiger partial charge in [-0.05, 0) is 60.7 Å². The van der Waals surface area contributed by atoms with Gasteiger partial charge in [-0.15, -0.1) is 0 Å². The van der Waals surface area contributed by atoms with E-state index in [2.05, 4.69) is 5.32 Å². The van der Waals surface area contributed by atoms with Gasteiger partial charge in [0.1, 0.15) is 10.6 Å². The molecule has 5 rings (SSSR count). The monoisotopic (exact) mass is 636 g/mol. The molecule has 1 saturated heterocycles. The quantitative estimate of drug-likeness (QED) is 0.200. The summed E-state index contributed by atoms with van der Waals surface area (Å²) in [5.41, 5.74) is 3.12. The maximum Gasteiger partial charge on any atom is 0.331 e. The van der Waals surface area contributed by atoms with E-state index in [1.807, 2.05) is 54.6 Å². The summed E-state index contributed by atoms with van der Waals surface area (Å²) >= 11 is 6.19. The number of carbonyl (C=O) groups excluding carboxylic acids is 2. The Balaban J connectivity index is 1.25.